The Hall–Kier alpha value is -2.10. The fourth-order valence-electron chi connectivity index (χ4n) is 1.92. The molecule has 0 bridgehead atoms. The van der Waals surface area contributed by atoms with Gasteiger partial charge in [-0.3, -0.25) is 4.98 Å². The van der Waals surface area contributed by atoms with Gasteiger partial charge in [0.2, 0.25) is 0 Å². The van der Waals surface area contributed by atoms with Crippen LogP contribution < -0.4 is 10.6 Å². The first-order valence-electron chi connectivity index (χ1n) is 5.73. The second kappa shape index (κ2) is 5.04. The summed E-state index contributed by atoms with van der Waals surface area (Å²) in [6.07, 6.45) is 3.34. The van der Waals surface area contributed by atoms with Crippen molar-refractivity contribution in [3.63, 3.8) is 0 Å². The molecule has 0 saturated carbocycles. The molecule has 2 N–H and O–H groups in total. The molecule has 94 valence electrons. The molecule has 3 nitrogen and oxygen atoms in total. The Morgan fingerprint density at radius 2 is 2.11 bits per heavy atom. The normalized spacial score (nSPS) is 10.4. The molecule has 4 heteroatoms. The van der Waals surface area contributed by atoms with Crippen LogP contribution in [0.2, 0.25) is 0 Å². The van der Waals surface area contributed by atoms with E-state index < -0.39 is 0 Å². The average Bonchev–Trinajstić information content (AvgIpc) is 2.33. The number of pyridine rings is 1. The van der Waals surface area contributed by atoms with Crippen LogP contribution in [0.1, 0.15) is 11.1 Å². The Labute approximate surface area is 106 Å². The molecule has 1 heterocycles. The summed E-state index contributed by atoms with van der Waals surface area (Å²) in [5.41, 5.74) is 9.45. The van der Waals surface area contributed by atoms with Gasteiger partial charge >= 0.3 is 0 Å². The molecule has 0 atom stereocenters. The highest BCUT2D eigenvalue weighted by molar-refractivity contribution is 5.65. The summed E-state index contributed by atoms with van der Waals surface area (Å²) in [6, 6.07) is 6.69. The van der Waals surface area contributed by atoms with E-state index in [9.17, 15) is 4.39 Å². The number of rotatable bonds is 3. The summed E-state index contributed by atoms with van der Waals surface area (Å²) >= 11 is 0. The molecule has 0 unspecified atom stereocenters. The van der Waals surface area contributed by atoms with Crippen LogP contribution in [0.15, 0.2) is 36.7 Å². The van der Waals surface area contributed by atoms with E-state index in [1.54, 1.807) is 24.5 Å². The van der Waals surface area contributed by atoms with Gasteiger partial charge in [0.15, 0.2) is 0 Å². The lowest BCUT2D eigenvalue weighted by molar-refractivity contribution is 0.625. The first-order valence-corrected chi connectivity index (χ1v) is 5.73. The maximum absolute atomic E-state index is 13.0. The quantitative estimate of drug-likeness (QED) is 0.904. The number of halogens is 1. The highest BCUT2D eigenvalue weighted by Gasteiger charge is 2.07. The van der Waals surface area contributed by atoms with Gasteiger partial charge in [0.05, 0.1) is 17.6 Å². The van der Waals surface area contributed by atoms with Crippen molar-refractivity contribution in [3.05, 3.63) is 53.6 Å². The Morgan fingerprint density at radius 1 is 1.33 bits per heavy atom. The van der Waals surface area contributed by atoms with Gasteiger partial charge in [0.25, 0.3) is 0 Å². The second-order valence-corrected chi connectivity index (χ2v) is 4.36. The standard InChI is InChI=1S/C14H16FN3/c1-10-7-12(15)4-3-11(10)9-18(2)14-5-6-17-8-13(14)16/h3-8H,9,16H2,1-2H3. The average molecular weight is 245 g/mol. The van der Waals surface area contributed by atoms with Gasteiger partial charge in [0.1, 0.15) is 5.82 Å². The number of nitrogen functional groups attached to an aromatic ring is 1. The van der Waals surface area contributed by atoms with E-state index in [0.29, 0.717) is 12.2 Å². The van der Waals surface area contributed by atoms with Gasteiger partial charge < -0.3 is 10.6 Å². The molecule has 18 heavy (non-hydrogen) atoms. The molecular weight excluding hydrogens is 229 g/mol. The maximum Gasteiger partial charge on any atom is 0.123 e. The molecule has 1 aromatic heterocycles. The van der Waals surface area contributed by atoms with E-state index in [-0.39, 0.29) is 5.82 Å². The van der Waals surface area contributed by atoms with Gasteiger partial charge in [-0.15, -0.1) is 0 Å². The highest BCUT2D eigenvalue weighted by Crippen LogP contribution is 2.22. The third-order valence-corrected chi connectivity index (χ3v) is 2.95. The molecule has 0 aliphatic carbocycles. The molecule has 0 aliphatic heterocycles. The van der Waals surface area contributed by atoms with Crippen molar-refractivity contribution in [2.75, 3.05) is 17.7 Å². The van der Waals surface area contributed by atoms with Crippen LogP contribution in [0.25, 0.3) is 0 Å². The van der Waals surface area contributed by atoms with Gasteiger partial charge in [-0.05, 0) is 36.2 Å². The Balaban J connectivity index is 2.21. The first-order chi connectivity index (χ1) is 8.58. The van der Waals surface area contributed by atoms with Gasteiger partial charge in [-0.1, -0.05) is 6.07 Å². The minimum atomic E-state index is -0.206. The maximum atomic E-state index is 13.0. The molecule has 0 radical (unpaired) electrons. The number of hydrogen-bond acceptors (Lipinski definition) is 3. The number of hydrogen-bond donors (Lipinski definition) is 1. The molecule has 0 saturated heterocycles. The zero-order valence-corrected chi connectivity index (χ0v) is 10.5. The van der Waals surface area contributed by atoms with Crippen LogP contribution in [0, 0.1) is 12.7 Å². The molecule has 2 rings (SSSR count). The third-order valence-electron chi connectivity index (χ3n) is 2.95. The summed E-state index contributed by atoms with van der Waals surface area (Å²) in [7, 11) is 1.95. The predicted molar refractivity (Wildman–Crippen MR) is 71.9 cm³/mol. The van der Waals surface area contributed by atoms with Crippen LogP contribution in [-0.4, -0.2) is 12.0 Å². The predicted octanol–water partition coefficient (Wildman–Crippen LogP) is 2.75. The van der Waals surface area contributed by atoms with Crippen LogP contribution in [-0.2, 0) is 6.54 Å². The van der Waals surface area contributed by atoms with Gasteiger partial charge in [-0.2, -0.15) is 0 Å². The van der Waals surface area contributed by atoms with Crippen molar-refractivity contribution < 1.29 is 4.39 Å². The number of anilines is 2. The largest absolute Gasteiger partial charge is 0.396 e. The second-order valence-electron chi connectivity index (χ2n) is 4.36. The van der Waals surface area contributed by atoms with E-state index in [1.807, 2.05) is 24.9 Å². The van der Waals surface area contributed by atoms with Crippen LogP contribution in [0.3, 0.4) is 0 Å². The SMILES string of the molecule is Cc1cc(F)ccc1CN(C)c1ccncc1N. The van der Waals surface area contributed by atoms with E-state index in [2.05, 4.69) is 4.98 Å². The monoisotopic (exact) mass is 245 g/mol. The number of benzene rings is 1. The zero-order chi connectivity index (χ0) is 13.1. The van der Waals surface area contributed by atoms with Gasteiger partial charge in [-0.25, -0.2) is 4.39 Å². The van der Waals surface area contributed by atoms with Gasteiger partial charge in [0, 0.05) is 19.8 Å². The van der Waals surface area contributed by atoms with Crippen molar-refractivity contribution in [2.45, 2.75) is 13.5 Å². The number of nitrogens with two attached hydrogens (primary N) is 1. The summed E-state index contributed by atoms with van der Waals surface area (Å²) in [4.78, 5) is 5.99. The van der Waals surface area contributed by atoms with Crippen LogP contribution in [0.4, 0.5) is 15.8 Å². The Bertz CT molecular complexity index is 554. The Kier molecular flexibility index (Phi) is 3.46. The molecule has 0 aliphatic rings. The van der Waals surface area contributed by atoms with Crippen molar-refractivity contribution in [1.82, 2.24) is 4.98 Å². The summed E-state index contributed by atoms with van der Waals surface area (Å²) in [6.45, 7) is 2.59. The third kappa shape index (κ3) is 2.59. The van der Waals surface area contributed by atoms with E-state index in [4.69, 9.17) is 5.73 Å². The lowest BCUT2D eigenvalue weighted by Crippen LogP contribution is -2.18. The highest BCUT2D eigenvalue weighted by atomic mass is 19.1. The van der Waals surface area contributed by atoms with E-state index >= 15 is 0 Å². The minimum absolute atomic E-state index is 0.206. The Morgan fingerprint density at radius 3 is 2.78 bits per heavy atom. The first kappa shape index (κ1) is 12.4. The number of nitrogens with zero attached hydrogens (tertiary/aromatic N) is 2. The van der Waals surface area contributed by atoms with Crippen molar-refractivity contribution in [2.24, 2.45) is 0 Å². The number of aryl methyl sites for hydroxylation is 1. The number of aromatic nitrogens is 1. The molecule has 0 fully saturated rings. The molecular formula is C14H16FN3. The fraction of sp³-hybridized carbons (Fsp3) is 0.214. The lowest BCUT2D eigenvalue weighted by Gasteiger charge is -2.21. The van der Waals surface area contributed by atoms with Crippen LogP contribution in [0.5, 0.6) is 0 Å². The lowest BCUT2D eigenvalue weighted by atomic mass is 10.1. The smallest absolute Gasteiger partial charge is 0.123 e. The van der Waals surface area contributed by atoms with E-state index in [0.717, 1.165) is 16.8 Å². The molecule has 1 aromatic carbocycles. The van der Waals surface area contributed by atoms with Crippen molar-refractivity contribution >= 4 is 11.4 Å². The molecule has 0 spiro atoms. The topological polar surface area (TPSA) is 42.2 Å². The minimum Gasteiger partial charge on any atom is -0.396 e. The summed E-state index contributed by atoms with van der Waals surface area (Å²) in [5.74, 6) is -0.206. The molecule has 0 amide bonds. The van der Waals surface area contributed by atoms with Crippen LogP contribution >= 0.6 is 0 Å². The molecule has 2 aromatic rings. The fourth-order valence-corrected chi connectivity index (χ4v) is 1.92. The van der Waals surface area contributed by atoms with Crippen molar-refractivity contribution in [3.8, 4) is 0 Å². The summed E-state index contributed by atoms with van der Waals surface area (Å²) in [5, 5.41) is 0. The summed E-state index contributed by atoms with van der Waals surface area (Å²) < 4.78 is 13.0. The van der Waals surface area contributed by atoms with Crippen molar-refractivity contribution in [1.29, 1.82) is 0 Å². The zero-order valence-electron chi connectivity index (χ0n) is 10.5. The van der Waals surface area contributed by atoms with E-state index in [1.165, 1.54) is 6.07 Å².